The lowest BCUT2D eigenvalue weighted by atomic mass is 9.84. The van der Waals surface area contributed by atoms with Crippen LogP contribution in [-0.4, -0.2) is 39.7 Å². The maximum Gasteiger partial charge on any atom is 0.223 e. The quantitative estimate of drug-likeness (QED) is 0.830. The number of rotatable bonds is 2. The first kappa shape index (κ1) is 11.7. The minimum absolute atomic E-state index is 0.307. The lowest BCUT2D eigenvalue weighted by Gasteiger charge is -2.44. The van der Waals surface area contributed by atoms with E-state index in [4.69, 9.17) is 0 Å². The molecule has 0 saturated carbocycles. The van der Waals surface area contributed by atoms with Crippen LogP contribution in [0.2, 0.25) is 0 Å². The molecule has 1 N–H and O–H groups in total. The van der Waals surface area contributed by atoms with E-state index in [9.17, 15) is 4.79 Å². The van der Waals surface area contributed by atoms with Gasteiger partial charge >= 0.3 is 0 Å². The van der Waals surface area contributed by atoms with Crippen LogP contribution >= 0.6 is 0 Å². The number of aryl methyl sites for hydroxylation is 1. The second-order valence-corrected chi connectivity index (χ2v) is 5.40. The number of nitrogens with one attached hydrogen (secondary N) is 1. The van der Waals surface area contributed by atoms with Crippen molar-refractivity contribution in [3.63, 3.8) is 0 Å². The molecule has 2 atom stereocenters. The van der Waals surface area contributed by atoms with E-state index in [0.29, 0.717) is 30.8 Å². The molecule has 5 heteroatoms. The van der Waals surface area contributed by atoms with Gasteiger partial charge in [-0.3, -0.25) is 9.48 Å². The van der Waals surface area contributed by atoms with Crippen molar-refractivity contribution in [3.8, 4) is 0 Å². The van der Waals surface area contributed by atoms with Crippen LogP contribution in [0.1, 0.15) is 24.8 Å². The fraction of sp³-hybridized carbons (Fsp3) is 0.692. The highest BCUT2D eigenvalue weighted by atomic mass is 16.2. The van der Waals surface area contributed by atoms with Crippen molar-refractivity contribution in [2.75, 3.05) is 13.1 Å². The Hall–Kier alpha value is -1.36. The molecular weight excluding hydrogens is 228 g/mol. The average molecular weight is 248 g/mol. The lowest BCUT2D eigenvalue weighted by molar-refractivity contribution is -0.140. The van der Waals surface area contributed by atoms with Gasteiger partial charge in [-0.15, -0.1) is 0 Å². The molecule has 2 fully saturated rings. The molecule has 2 unspecified atom stereocenters. The third-order valence-electron chi connectivity index (χ3n) is 4.13. The smallest absolute Gasteiger partial charge is 0.223 e. The van der Waals surface area contributed by atoms with Gasteiger partial charge in [-0.05, 0) is 31.8 Å². The van der Waals surface area contributed by atoms with Crippen LogP contribution in [0.25, 0.3) is 0 Å². The summed E-state index contributed by atoms with van der Waals surface area (Å²) in [5.74, 6) is 0.940. The van der Waals surface area contributed by atoms with Crippen LogP contribution in [-0.2, 0) is 18.4 Å². The Bertz CT molecular complexity index is 442. The third kappa shape index (κ3) is 2.14. The van der Waals surface area contributed by atoms with E-state index in [1.807, 2.05) is 19.4 Å². The van der Waals surface area contributed by atoms with Gasteiger partial charge in [0.05, 0.1) is 6.20 Å². The minimum atomic E-state index is 0.307. The van der Waals surface area contributed by atoms with Gasteiger partial charge in [0, 0.05) is 37.8 Å². The van der Waals surface area contributed by atoms with Crippen LogP contribution in [0.3, 0.4) is 0 Å². The standard InChI is InChI=1S/C13H20N4O/c1-16-8-10(6-15-16)9-17-12-4-5-14-7-11(12)2-3-13(17)18/h6,8,11-12,14H,2-5,7,9H2,1H3. The zero-order valence-electron chi connectivity index (χ0n) is 10.8. The van der Waals surface area contributed by atoms with Crippen molar-refractivity contribution >= 4 is 5.91 Å². The summed E-state index contributed by atoms with van der Waals surface area (Å²) in [5, 5.41) is 7.61. The van der Waals surface area contributed by atoms with Crippen molar-refractivity contribution in [2.24, 2.45) is 13.0 Å². The number of aromatic nitrogens is 2. The molecule has 0 aliphatic carbocycles. The predicted molar refractivity (Wildman–Crippen MR) is 67.8 cm³/mol. The number of nitrogens with zero attached hydrogens (tertiary/aromatic N) is 3. The van der Waals surface area contributed by atoms with Gasteiger partial charge in [-0.1, -0.05) is 0 Å². The number of carbonyl (C=O) groups excluding carboxylic acids is 1. The molecule has 1 aromatic heterocycles. The normalized spacial score (nSPS) is 28.3. The van der Waals surface area contributed by atoms with Gasteiger partial charge < -0.3 is 10.2 Å². The molecule has 2 aliphatic heterocycles. The summed E-state index contributed by atoms with van der Waals surface area (Å²) in [6.07, 6.45) is 6.68. The topological polar surface area (TPSA) is 50.2 Å². The van der Waals surface area contributed by atoms with E-state index in [1.165, 1.54) is 0 Å². The van der Waals surface area contributed by atoms with E-state index in [0.717, 1.165) is 31.5 Å². The number of amides is 1. The predicted octanol–water partition coefficient (Wildman–Crippen LogP) is 0.521. The first-order valence-electron chi connectivity index (χ1n) is 6.72. The van der Waals surface area contributed by atoms with Crippen molar-refractivity contribution in [1.29, 1.82) is 0 Å². The minimum Gasteiger partial charge on any atom is -0.335 e. The molecule has 5 nitrogen and oxygen atoms in total. The van der Waals surface area contributed by atoms with E-state index in [2.05, 4.69) is 15.3 Å². The summed E-state index contributed by atoms with van der Waals surface area (Å²) < 4.78 is 1.80. The summed E-state index contributed by atoms with van der Waals surface area (Å²) >= 11 is 0. The molecule has 1 aromatic rings. The van der Waals surface area contributed by atoms with Gasteiger partial charge in [-0.2, -0.15) is 5.10 Å². The highest BCUT2D eigenvalue weighted by molar-refractivity contribution is 5.77. The lowest BCUT2D eigenvalue weighted by Crippen LogP contribution is -2.54. The van der Waals surface area contributed by atoms with Crippen LogP contribution in [0.4, 0.5) is 0 Å². The largest absolute Gasteiger partial charge is 0.335 e. The Morgan fingerprint density at radius 3 is 3.17 bits per heavy atom. The summed E-state index contributed by atoms with van der Waals surface area (Å²) in [5.41, 5.74) is 1.13. The van der Waals surface area contributed by atoms with Crippen molar-refractivity contribution in [3.05, 3.63) is 18.0 Å². The molecule has 0 spiro atoms. The summed E-state index contributed by atoms with van der Waals surface area (Å²) in [6.45, 7) is 2.80. The van der Waals surface area contributed by atoms with E-state index >= 15 is 0 Å². The zero-order chi connectivity index (χ0) is 12.5. The van der Waals surface area contributed by atoms with E-state index in [-0.39, 0.29) is 0 Å². The van der Waals surface area contributed by atoms with E-state index in [1.54, 1.807) is 4.68 Å². The molecule has 98 valence electrons. The maximum absolute atomic E-state index is 12.1. The summed E-state index contributed by atoms with van der Waals surface area (Å²) in [4.78, 5) is 14.2. The molecule has 2 aliphatic rings. The third-order valence-corrected chi connectivity index (χ3v) is 4.13. The molecule has 3 rings (SSSR count). The monoisotopic (exact) mass is 248 g/mol. The summed E-state index contributed by atoms with van der Waals surface area (Å²) in [7, 11) is 1.91. The molecule has 18 heavy (non-hydrogen) atoms. The van der Waals surface area contributed by atoms with Crippen LogP contribution in [0, 0.1) is 5.92 Å². The number of hydrogen-bond donors (Lipinski definition) is 1. The SMILES string of the molecule is Cn1cc(CN2C(=O)CCC3CNCCC32)cn1. The van der Waals surface area contributed by atoms with Gasteiger partial charge in [-0.25, -0.2) is 0 Å². The Balaban J connectivity index is 1.76. The van der Waals surface area contributed by atoms with Gasteiger partial charge in [0.25, 0.3) is 0 Å². The molecule has 0 radical (unpaired) electrons. The number of hydrogen-bond acceptors (Lipinski definition) is 3. The first-order chi connectivity index (χ1) is 8.74. The van der Waals surface area contributed by atoms with Crippen molar-refractivity contribution < 1.29 is 4.79 Å². The Kier molecular flexibility index (Phi) is 3.07. The molecule has 3 heterocycles. The molecule has 0 aromatic carbocycles. The van der Waals surface area contributed by atoms with Gasteiger partial charge in [0.15, 0.2) is 0 Å². The van der Waals surface area contributed by atoms with Crippen molar-refractivity contribution in [1.82, 2.24) is 20.0 Å². The fourth-order valence-electron chi connectivity index (χ4n) is 3.21. The highest BCUT2D eigenvalue weighted by Gasteiger charge is 2.36. The van der Waals surface area contributed by atoms with Crippen LogP contribution in [0.5, 0.6) is 0 Å². The second kappa shape index (κ2) is 4.72. The second-order valence-electron chi connectivity index (χ2n) is 5.40. The fourth-order valence-corrected chi connectivity index (χ4v) is 3.21. The van der Waals surface area contributed by atoms with Gasteiger partial charge in [0.2, 0.25) is 5.91 Å². The Morgan fingerprint density at radius 1 is 1.50 bits per heavy atom. The molecular formula is C13H20N4O. The highest BCUT2D eigenvalue weighted by Crippen LogP contribution is 2.29. The summed E-state index contributed by atoms with van der Waals surface area (Å²) in [6, 6.07) is 0.424. The van der Waals surface area contributed by atoms with Crippen LogP contribution in [0.15, 0.2) is 12.4 Å². The zero-order valence-corrected chi connectivity index (χ0v) is 10.8. The van der Waals surface area contributed by atoms with Gasteiger partial charge in [0.1, 0.15) is 0 Å². The average Bonchev–Trinajstić information content (AvgIpc) is 2.79. The maximum atomic E-state index is 12.1. The molecule has 1 amide bonds. The Labute approximate surface area is 107 Å². The number of likely N-dealkylation sites (tertiary alicyclic amines) is 1. The first-order valence-corrected chi connectivity index (χ1v) is 6.72. The van der Waals surface area contributed by atoms with E-state index < -0.39 is 0 Å². The molecule has 2 saturated heterocycles. The Morgan fingerprint density at radius 2 is 2.39 bits per heavy atom. The van der Waals surface area contributed by atoms with Crippen LogP contribution < -0.4 is 5.32 Å². The number of carbonyl (C=O) groups is 1. The van der Waals surface area contributed by atoms with Crippen molar-refractivity contribution in [2.45, 2.75) is 31.8 Å². The molecule has 0 bridgehead atoms. The number of piperidine rings is 2. The number of fused-ring (bicyclic) bond motifs is 1.